The molecule has 6 heteroatoms. The molecule has 0 unspecified atom stereocenters. The molecule has 0 spiro atoms. The Morgan fingerprint density at radius 2 is 1.95 bits per heavy atom. The molecule has 0 atom stereocenters. The zero-order valence-electron chi connectivity index (χ0n) is 12.5. The van der Waals surface area contributed by atoms with Crippen LogP contribution in [-0.2, 0) is 19.1 Å². The molecule has 0 fully saturated rings. The largest absolute Gasteiger partial charge is 0.465 e. The molecule has 0 heterocycles. The maximum absolute atomic E-state index is 12.2. The Hall–Kier alpha value is -2.08. The van der Waals surface area contributed by atoms with E-state index in [2.05, 4.69) is 5.32 Å². The van der Waals surface area contributed by atoms with E-state index < -0.39 is 5.97 Å². The predicted octanol–water partition coefficient (Wildman–Crippen LogP) is 1.14. The van der Waals surface area contributed by atoms with Crippen molar-refractivity contribution in [3.8, 4) is 0 Å². The fourth-order valence-electron chi connectivity index (χ4n) is 1.70. The topological polar surface area (TPSA) is 67.9 Å². The second-order valence-corrected chi connectivity index (χ2v) is 4.33. The number of para-hydroxylation sites is 1. The Balaban J connectivity index is 2.51. The highest BCUT2D eigenvalue weighted by Crippen LogP contribution is 2.04. The summed E-state index contributed by atoms with van der Waals surface area (Å²) in [6, 6.07) is 9.41. The Morgan fingerprint density at radius 1 is 1.24 bits per heavy atom. The fraction of sp³-hybridized carbons (Fsp3) is 0.467. The summed E-state index contributed by atoms with van der Waals surface area (Å²) in [4.78, 5) is 25.1. The van der Waals surface area contributed by atoms with Crippen molar-refractivity contribution in [1.29, 1.82) is 0 Å². The molecule has 0 aliphatic heterocycles. The summed E-state index contributed by atoms with van der Waals surface area (Å²) < 4.78 is 9.83. The van der Waals surface area contributed by atoms with Gasteiger partial charge < -0.3 is 19.7 Å². The second kappa shape index (κ2) is 9.77. The van der Waals surface area contributed by atoms with Crippen LogP contribution in [0.5, 0.6) is 0 Å². The van der Waals surface area contributed by atoms with Gasteiger partial charge in [-0.3, -0.25) is 9.59 Å². The molecule has 0 saturated heterocycles. The molecule has 1 amide bonds. The highest BCUT2D eigenvalue weighted by molar-refractivity contribution is 5.85. The number of carbonyl (C=O) groups excluding carboxylic acids is 2. The first-order valence-electron chi connectivity index (χ1n) is 6.88. The van der Waals surface area contributed by atoms with Crippen LogP contribution in [0.15, 0.2) is 30.3 Å². The lowest BCUT2D eigenvalue weighted by Gasteiger charge is -2.21. The van der Waals surface area contributed by atoms with E-state index in [0.29, 0.717) is 19.8 Å². The smallest absolute Gasteiger partial charge is 0.325 e. The highest BCUT2D eigenvalue weighted by atomic mass is 16.5. The van der Waals surface area contributed by atoms with Gasteiger partial charge in [-0.15, -0.1) is 0 Å². The van der Waals surface area contributed by atoms with Crippen LogP contribution in [-0.4, -0.2) is 56.7 Å². The number of benzene rings is 1. The minimum absolute atomic E-state index is 0.0630. The summed E-state index contributed by atoms with van der Waals surface area (Å²) >= 11 is 0. The first-order chi connectivity index (χ1) is 10.2. The number of methoxy groups -OCH3 is 1. The fourth-order valence-corrected chi connectivity index (χ4v) is 1.70. The van der Waals surface area contributed by atoms with E-state index in [1.54, 1.807) is 14.0 Å². The minimum Gasteiger partial charge on any atom is -0.465 e. The number of ether oxygens (including phenoxy) is 2. The van der Waals surface area contributed by atoms with Crippen molar-refractivity contribution >= 4 is 17.6 Å². The SMILES string of the molecule is CCOC(=O)CN(CCOC)C(=O)CNc1ccccc1. The van der Waals surface area contributed by atoms with Gasteiger partial charge in [0.05, 0.1) is 19.8 Å². The second-order valence-electron chi connectivity index (χ2n) is 4.33. The molecule has 1 aromatic carbocycles. The molecule has 6 nitrogen and oxygen atoms in total. The minimum atomic E-state index is -0.415. The van der Waals surface area contributed by atoms with E-state index in [-0.39, 0.29) is 19.0 Å². The molecule has 21 heavy (non-hydrogen) atoms. The standard InChI is InChI=1S/C15H22N2O4/c1-3-21-15(19)12-17(9-10-20-2)14(18)11-16-13-7-5-4-6-8-13/h4-8,16H,3,9-12H2,1-2H3. The van der Waals surface area contributed by atoms with Crippen LogP contribution >= 0.6 is 0 Å². The van der Waals surface area contributed by atoms with Crippen molar-refractivity contribution in [3.05, 3.63) is 30.3 Å². The third-order valence-electron chi connectivity index (χ3n) is 2.76. The molecule has 0 radical (unpaired) electrons. The number of anilines is 1. The van der Waals surface area contributed by atoms with Crippen molar-refractivity contribution in [2.75, 3.05) is 45.3 Å². The van der Waals surface area contributed by atoms with Crippen LogP contribution < -0.4 is 5.32 Å². The maximum atomic E-state index is 12.2. The van der Waals surface area contributed by atoms with Gasteiger partial charge in [-0.1, -0.05) is 18.2 Å². The Bertz CT molecular complexity index is 437. The Kier molecular flexibility index (Phi) is 7.89. The summed E-state index contributed by atoms with van der Waals surface area (Å²) in [5, 5.41) is 3.02. The van der Waals surface area contributed by atoms with Crippen molar-refractivity contribution in [2.24, 2.45) is 0 Å². The zero-order valence-corrected chi connectivity index (χ0v) is 12.5. The lowest BCUT2D eigenvalue weighted by Crippen LogP contribution is -2.41. The van der Waals surface area contributed by atoms with E-state index in [1.165, 1.54) is 4.90 Å². The lowest BCUT2D eigenvalue weighted by molar-refractivity contribution is -0.148. The molecule has 0 aromatic heterocycles. The van der Waals surface area contributed by atoms with Gasteiger partial charge >= 0.3 is 5.97 Å². The summed E-state index contributed by atoms with van der Waals surface area (Å²) in [7, 11) is 1.55. The number of nitrogens with zero attached hydrogens (tertiary/aromatic N) is 1. The number of nitrogens with one attached hydrogen (secondary N) is 1. The van der Waals surface area contributed by atoms with Crippen LogP contribution in [0.1, 0.15) is 6.92 Å². The van der Waals surface area contributed by atoms with Gasteiger partial charge in [-0.25, -0.2) is 0 Å². The number of amides is 1. The average Bonchev–Trinajstić information content (AvgIpc) is 2.50. The number of carbonyl (C=O) groups is 2. The van der Waals surface area contributed by atoms with Crippen molar-refractivity contribution in [2.45, 2.75) is 6.92 Å². The number of esters is 1. The first-order valence-corrected chi connectivity index (χ1v) is 6.88. The quantitative estimate of drug-likeness (QED) is 0.692. The summed E-state index contributed by atoms with van der Waals surface area (Å²) in [6.45, 7) is 2.81. The summed E-state index contributed by atoms with van der Waals surface area (Å²) in [6.07, 6.45) is 0. The van der Waals surface area contributed by atoms with Crippen molar-refractivity contribution in [3.63, 3.8) is 0 Å². The molecular formula is C15H22N2O4. The van der Waals surface area contributed by atoms with Crippen LogP contribution in [0.25, 0.3) is 0 Å². The van der Waals surface area contributed by atoms with Crippen molar-refractivity contribution in [1.82, 2.24) is 4.90 Å². The van der Waals surface area contributed by atoms with Gasteiger partial charge in [0.15, 0.2) is 0 Å². The van der Waals surface area contributed by atoms with E-state index in [1.807, 2.05) is 30.3 Å². The van der Waals surface area contributed by atoms with Crippen LogP contribution in [0.3, 0.4) is 0 Å². The summed E-state index contributed by atoms with van der Waals surface area (Å²) in [5.74, 6) is -0.592. The van der Waals surface area contributed by atoms with Gasteiger partial charge in [0.1, 0.15) is 6.54 Å². The number of hydrogen-bond acceptors (Lipinski definition) is 5. The zero-order chi connectivity index (χ0) is 15.5. The summed E-state index contributed by atoms with van der Waals surface area (Å²) in [5.41, 5.74) is 0.855. The normalized spacial score (nSPS) is 10.0. The molecule has 1 N–H and O–H groups in total. The third-order valence-corrected chi connectivity index (χ3v) is 2.76. The van der Waals surface area contributed by atoms with Gasteiger partial charge in [0, 0.05) is 19.3 Å². The molecule has 0 saturated carbocycles. The molecule has 0 aliphatic carbocycles. The van der Waals surface area contributed by atoms with Crippen molar-refractivity contribution < 1.29 is 19.1 Å². The molecular weight excluding hydrogens is 272 g/mol. The molecule has 1 rings (SSSR count). The van der Waals surface area contributed by atoms with E-state index in [4.69, 9.17) is 9.47 Å². The van der Waals surface area contributed by atoms with Crippen LogP contribution in [0.4, 0.5) is 5.69 Å². The van der Waals surface area contributed by atoms with Crippen LogP contribution in [0, 0.1) is 0 Å². The highest BCUT2D eigenvalue weighted by Gasteiger charge is 2.17. The van der Waals surface area contributed by atoms with E-state index in [9.17, 15) is 9.59 Å². The first kappa shape index (κ1) is 17.0. The Labute approximate surface area is 125 Å². The van der Waals surface area contributed by atoms with E-state index >= 15 is 0 Å². The van der Waals surface area contributed by atoms with Gasteiger partial charge in [0.2, 0.25) is 5.91 Å². The molecule has 116 valence electrons. The lowest BCUT2D eigenvalue weighted by atomic mass is 10.3. The monoisotopic (exact) mass is 294 g/mol. The van der Waals surface area contributed by atoms with Gasteiger partial charge in [-0.2, -0.15) is 0 Å². The molecule has 0 aliphatic rings. The molecule has 0 bridgehead atoms. The maximum Gasteiger partial charge on any atom is 0.325 e. The Morgan fingerprint density at radius 3 is 2.57 bits per heavy atom. The third kappa shape index (κ3) is 6.76. The van der Waals surface area contributed by atoms with Crippen LogP contribution in [0.2, 0.25) is 0 Å². The molecule has 1 aromatic rings. The van der Waals surface area contributed by atoms with Gasteiger partial charge in [0.25, 0.3) is 0 Å². The predicted molar refractivity (Wildman–Crippen MR) is 80.0 cm³/mol. The van der Waals surface area contributed by atoms with E-state index in [0.717, 1.165) is 5.69 Å². The number of hydrogen-bond donors (Lipinski definition) is 1. The van der Waals surface area contributed by atoms with Gasteiger partial charge in [-0.05, 0) is 19.1 Å². The average molecular weight is 294 g/mol. The number of rotatable bonds is 9.